The molecule has 1 unspecified atom stereocenters. The summed E-state index contributed by atoms with van der Waals surface area (Å²) in [5.41, 5.74) is 1.24. The van der Waals surface area contributed by atoms with Gasteiger partial charge in [0.1, 0.15) is 11.6 Å². The minimum atomic E-state index is -1.13. The van der Waals surface area contributed by atoms with Crippen LogP contribution in [0.5, 0.6) is 0 Å². The van der Waals surface area contributed by atoms with Crippen LogP contribution in [0.2, 0.25) is 0 Å². The van der Waals surface area contributed by atoms with Crippen LogP contribution in [0.3, 0.4) is 0 Å². The monoisotopic (exact) mass is 456 g/mol. The van der Waals surface area contributed by atoms with Crippen LogP contribution in [-0.4, -0.2) is 46.3 Å². The van der Waals surface area contributed by atoms with Gasteiger partial charge in [-0.1, -0.05) is 0 Å². The van der Waals surface area contributed by atoms with E-state index in [2.05, 4.69) is 15.6 Å². The molecule has 7 nitrogen and oxygen atoms in total. The van der Waals surface area contributed by atoms with E-state index in [1.54, 1.807) is 13.8 Å². The summed E-state index contributed by atoms with van der Waals surface area (Å²) in [4.78, 5) is 31.0. The van der Waals surface area contributed by atoms with Crippen LogP contribution < -0.4 is 15.5 Å². The zero-order valence-corrected chi connectivity index (χ0v) is 18.5. The molecule has 0 radical (unpaired) electrons. The zero-order valence-electron chi connectivity index (χ0n) is 18.5. The summed E-state index contributed by atoms with van der Waals surface area (Å²) >= 11 is 0. The van der Waals surface area contributed by atoms with Crippen LogP contribution in [0.4, 0.5) is 19.3 Å². The van der Waals surface area contributed by atoms with E-state index in [0.717, 1.165) is 25.3 Å². The van der Waals surface area contributed by atoms with Gasteiger partial charge in [-0.3, -0.25) is 9.78 Å². The van der Waals surface area contributed by atoms with E-state index in [1.807, 2.05) is 4.90 Å². The number of benzene rings is 1. The predicted molar refractivity (Wildman–Crippen MR) is 118 cm³/mol. The molecule has 1 aliphatic heterocycles. The highest BCUT2D eigenvalue weighted by Crippen LogP contribution is 2.57. The molecule has 2 amide bonds. The third-order valence-electron chi connectivity index (χ3n) is 7.25. The van der Waals surface area contributed by atoms with Crippen molar-refractivity contribution in [2.45, 2.75) is 50.6 Å². The van der Waals surface area contributed by atoms with Crippen molar-refractivity contribution in [1.29, 1.82) is 0 Å². The first-order valence-corrected chi connectivity index (χ1v) is 11.1. The van der Waals surface area contributed by atoms with Gasteiger partial charge in [0, 0.05) is 42.1 Å². The first-order valence-electron chi connectivity index (χ1n) is 11.1. The number of anilines is 1. The third-order valence-corrected chi connectivity index (χ3v) is 7.25. The molecule has 2 bridgehead atoms. The number of aromatic nitrogens is 1. The summed E-state index contributed by atoms with van der Waals surface area (Å²) in [7, 11) is 0. The van der Waals surface area contributed by atoms with Gasteiger partial charge in [-0.05, 0) is 63.1 Å². The molecule has 4 aliphatic rings. The lowest BCUT2D eigenvalue weighted by Crippen LogP contribution is -2.68. The minimum absolute atomic E-state index is 0.153. The van der Waals surface area contributed by atoms with Gasteiger partial charge in [0.05, 0.1) is 16.8 Å². The summed E-state index contributed by atoms with van der Waals surface area (Å²) in [6.07, 6.45) is 3.81. The molecule has 9 heteroatoms. The van der Waals surface area contributed by atoms with E-state index in [9.17, 15) is 23.5 Å². The number of carbonyl (C=O) groups is 2. The van der Waals surface area contributed by atoms with Gasteiger partial charge in [0.2, 0.25) is 0 Å². The maximum Gasteiger partial charge on any atom is 0.405 e. The van der Waals surface area contributed by atoms with Crippen LogP contribution in [0, 0.1) is 24.5 Å². The zero-order chi connectivity index (χ0) is 23.5. The SMILES string of the molecule is Cc1ncc(C(=O)NC23CC(C2)C3)c(N2CCC(C)(NC(=O)O)C2)c1-c1cc(F)cc(F)c1. The minimum Gasteiger partial charge on any atom is -0.465 e. The van der Waals surface area contributed by atoms with Crippen molar-refractivity contribution in [2.75, 3.05) is 18.0 Å². The maximum absolute atomic E-state index is 14.1. The number of nitrogens with zero attached hydrogens (tertiary/aromatic N) is 2. The van der Waals surface area contributed by atoms with Crippen LogP contribution in [0.1, 0.15) is 48.7 Å². The van der Waals surface area contributed by atoms with E-state index < -0.39 is 23.3 Å². The number of nitrogens with one attached hydrogen (secondary N) is 2. The molecule has 3 N–H and O–H groups in total. The quantitative estimate of drug-likeness (QED) is 0.635. The number of aryl methyl sites for hydroxylation is 1. The molecule has 0 spiro atoms. The first kappa shape index (κ1) is 21.6. The fraction of sp³-hybridized carbons (Fsp3) is 0.458. The smallest absolute Gasteiger partial charge is 0.405 e. The van der Waals surface area contributed by atoms with Gasteiger partial charge in [-0.15, -0.1) is 0 Å². The highest BCUT2D eigenvalue weighted by molar-refractivity contribution is 6.04. The van der Waals surface area contributed by atoms with Crippen molar-refractivity contribution in [1.82, 2.24) is 15.6 Å². The predicted octanol–water partition coefficient (Wildman–Crippen LogP) is 3.85. The van der Waals surface area contributed by atoms with E-state index in [4.69, 9.17) is 0 Å². The molecule has 1 aromatic heterocycles. The van der Waals surface area contributed by atoms with Gasteiger partial charge >= 0.3 is 6.09 Å². The topological polar surface area (TPSA) is 94.6 Å². The number of hydrogen-bond donors (Lipinski definition) is 3. The Morgan fingerprint density at radius 2 is 1.82 bits per heavy atom. The van der Waals surface area contributed by atoms with Gasteiger partial charge in [0.25, 0.3) is 5.91 Å². The van der Waals surface area contributed by atoms with E-state index in [1.165, 1.54) is 18.3 Å². The van der Waals surface area contributed by atoms with Gasteiger partial charge < -0.3 is 20.6 Å². The number of hydrogen-bond acceptors (Lipinski definition) is 4. The molecule has 2 heterocycles. The van der Waals surface area contributed by atoms with Crippen LogP contribution >= 0.6 is 0 Å². The average molecular weight is 456 g/mol. The standard InChI is InChI=1S/C24H26F2N4O3/c1-13-19(15-5-16(25)7-17(26)6-15)20(30-4-3-23(2,12-30)29-22(32)33)18(11-27-13)21(31)28-24-8-14(9-24)10-24/h5-7,11,14,29H,3-4,8-10,12H2,1-2H3,(H,28,31)(H,32,33). The molecule has 4 fully saturated rings. The fourth-order valence-electron chi connectivity index (χ4n) is 5.58. The van der Waals surface area contributed by atoms with Crippen LogP contribution in [-0.2, 0) is 0 Å². The van der Waals surface area contributed by atoms with Crippen molar-refractivity contribution in [3.8, 4) is 11.1 Å². The Kier molecular flexibility index (Phi) is 4.84. The second-order valence-corrected chi connectivity index (χ2v) is 10.0. The van der Waals surface area contributed by atoms with E-state index in [-0.39, 0.29) is 17.0 Å². The summed E-state index contributed by atoms with van der Waals surface area (Å²) < 4.78 is 28.3. The van der Waals surface area contributed by atoms with E-state index in [0.29, 0.717) is 47.9 Å². The van der Waals surface area contributed by atoms with Crippen LogP contribution in [0.15, 0.2) is 24.4 Å². The average Bonchev–Trinajstić information content (AvgIpc) is 3.02. The maximum atomic E-state index is 14.1. The Balaban J connectivity index is 1.60. The highest BCUT2D eigenvalue weighted by Gasteiger charge is 2.57. The molecular weight excluding hydrogens is 430 g/mol. The Bertz CT molecular complexity index is 1130. The van der Waals surface area contributed by atoms with Crippen molar-refractivity contribution in [3.63, 3.8) is 0 Å². The largest absolute Gasteiger partial charge is 0.465 e. The normalized spacial score (nSPS) is 27.5. The Labute approximate surface area is 190 Å². The number of pyridine rings is 1. The van der Waals surface area contributed by atoms with Crippen LogP contribution in [0.25, 0.3) is 11.1 Å². The van der Waals surface area contributed by atoms with Gasteiger partial charge in [0.15, 0.2) is 0 Å². The Morgan fingerprint density at radius 1 is 1.15 bits per heavy atom. The molecule has 3 saturated carbocycles. The summed E-state index contributed by atoms with van der Waals surface area (Å²) in [5.74, 6) is -1.03. The van der Waals surface area contributed by atoms with E-state index >= 15 is 0 Å². The Hall–Kier alpha value is -3.23. The molecule has 174 valence electrons. The Morgan fingerprint density at radius 3 is 2.39 bits per heavy atom. The first-order chi connectivity index (χ1) is 15.6. The lowest BCUT2D eigenvalue weighted by molar-refractivity contribution is -0.0438. The fourth-order valence-corrected chi connectivity index (χ4v) is 5.58. The third kappa shape index (κ3) is 3.79. The number of amides is 2. The van der Waals surface area contributed by atoms with Crippen molar-refractivity contribution >= 4 is 17.7 Å². The van der Waals surface area contributed by atoms with Gasteiger partial charge in [-0.25, -0.2) is 13.6 Å². The second kappa shape index (κ2) is 7.40. The van der Waals surface area contributed by atoms with Crippen molar-refractivity contribution in [3.05, 3.63) is 47.3 Å². The summed E-state index contributed by atoms with van der Waals surface area (Å²) in [6.45, 7) is 4.31. The number of carboxylic acid groups (broad SMARTS) is 1. The summed E-state index contributed by atoms with van der Waals surface area (Å²) in [6, 6.07) is 3.25. The molecule has 2 aromatic rings. The number of rotatable bonds is 5. The second-order valence-electron chi connectivity index (χ2n) is 10.0. The number of carbonyl (C=O) groups excluding carboxylic acids is 1. The molecule has 1 aromatic carbocycles. The molecular formula is C24H26F2N4O3. The molecule has 1 atom stereocenters. The molecule has 1 saturated heterocycles. The van der Waals surface area contributed by atoms with Crippen molar-refractivity contribution in [2.24, 2.45) is 5.92 Å². The number of halogens is 2. The van der Waals surface area contributed by atoms with Crippen molar-refractivity contribution < 1.29 is 23.5 Å². The highest BCUT2D eigenvalue weighted by atomic mass is 19.1. The molecule has 33 heavy (non-hydrogen) atoms. The lowest BCUT2D eigenvalue weighted by atomic mass is 9.50. The molecule has 6 rings (SSSR count). The van der Waals surface area contributed by atoms with Gasteiger partial charge in [-0.2, -0.15) is 0 Å². The lowest BCUT2D eigenvalue weighted by Gasteiger charge is -2.61. The summed E-state index contributed by atoms with van der Waals surface area (Å²) in [5, 5.41) is 15.0. The molecule has 3 aliphatic carbocycles.